The molecule has 0 fully saturated rings. The van der Waals surface area contributed by atoms with Crippen molar-refractivity contribution >= 4 is 17.7 Å². The van der Waals surface area contributed by atoms with Gasteiger partial charge in [0.05, 0.1) is 17.4 Å². The monoisotopic (exact) mass is 283 g/mol. The van der Waals surface area contributed by atoms with Crippen LogP contribution in [0.3, 0.4) is 0 Å². The third-order valence-electron chi connectivity index (χ3n) is 2.58. The van der Waals surface area contributed by atoms with Crippen molar-refractivity contribution in [2.24, 2.45) is 0 Å². The molecule has 0 aliphatic rings. The van der Waals surface area contributed by atoms with Crippen molar-refractivity contribution in [2.45, 2.75) is 11.5 Å². The van der Waals surface area contributed by atoms with Crippen molar-refractivity contribution in [2.75, 3.05) is 5.75 Å². The molecule has 0 bridgehead atoms. The molecule has 4 heteroatoms. The molecule has 0 radical (unpaired) electrons. The van der Waals surface area contributed by atoms with Gasteiger partial charge in [-0.3, -0.25) is 4.79 Å². The van der Waals surface area contributed by atoms with Crippen molar-refractivity contribution in [3.63, 3.8) is 0 Å². The molecular formula is C16H13NO2S. The summed E-state index contributed by atoms with van der Waals surface area (Å²) in [5.41, 5.74) is 1.47. The van der Waals surface area contributed by atoms with Gasteiger partial charge in [0.2, 0.25) is 0 Å². The number of rotatable bonds is 5. The zero-order valence-electron chi connectivity index (χ0n) is 10.8. The molecule has 0 atom stereocenters. The molecule has 0 unspecified atom stereocenters. The third-order valence-corrected chi connectivity index (χ3v) is 3.57. The number of nitrogens with zero attached hydrogens (tertiary/aromatic N) is 1. The SMILES string of the molecule is N#Cc1ccc(COC(=O)CSc2ccccc2)cc1. The summed E-state index contributed by atoms with van der Waals surface area (Å²) in [6.45, 7) is 0.236. The summed E-state index contributed by atoms with van der Waals surface area (Å²) in [6, 6.07) is 18.8. The highest BCUT2D eigenvalue weighted by atomic mass is 32.2. The topological polar surface area (TPSA) is 50.1 Å². The van der Waals surface area contributed by atoms with Gasteiger partial charge in [-0.2, -0.15) is 5.26 Å². The maximum absolute atomic E-state index is 11.6. The summed E-state index contributed by atoms with van der Waals surface area (Å²) in [5.74, 6) is 0.0449. The van der Waals surface area contributed by atoms with E-state index >= 15 is 0 Å². The minimum atomic E-state index is -0.247. The van der Waals surface area contributed by atoms with Crippen molar-refractivity contribution in [3.8, 4) is 6.07 Å². The Morgan fingerprint density at radius 1 is 1.10 bits per heavy atom. The molecule has 0 spiro atoms. The lowest BCUT2D eigenvalue weighted by Gasteiger charge is -2.05. The van der Waals surface area contributed by atoms with E-state index in [1.807, 2.05) is 36.4 Å². The predicted molar refractivity (Wildman–Crippen MR) is 78.1 cm³/mol. The molecule has 2 aromatic carbocycles. The molecule has 2 rings (SSSR count). The van der Waals surface area contributed by atoms with Crippen LogP contribution in [-0.4, -0.2) is 11.7 Å². The van der Waals surface area contributed by atoms with Gasteiger partial charge in [-0.05, 0) is 29.8 Å². The highest BCUT2D eigenvalue weighted by Gasteiger charge is 2.04. The average molecular weight is 283 g/mol. The fraction of sp³-hybridized carbons (Fsp3) is 0.125. The summed E-state index contributed by atoms with van der Waals surface area (Å²) in [5, 5.41) is 8.69. The Hall–Kier alpha value is -2.25. The van der Waals surface area contributed by atoms with Crippen LogP contribution in [-0.2, 0) is 16.1 Å². The standard InChI is InChI=1S/C16H13NO2S/c17-10-13-6-8-14(9-7-13)11-19-16(18)12-20-15-4-2-1-3-5-15/h1-9H,11-12H2. The van der Waals surface area contributed by atoms with Gasteiger partial charge >= 0.3 is 5.97 Å². The maximum Gasteiger partial charge on any atom is 0.316 e. The number of hydrogen-bond acceptors (Lipinski definition) is 4. The second-order valence-corrected chi connectivity index (χ2v) is 5.12. The van der Waals surface area contributed by atoms with Gasteiger partial charge in [0.15, 0.2) is 0 Å². The zero-order valence-corrected chi connectivity index (χ0v) is 11.6. The van der Waals surface area contributed by atoms with E-state index in [1.165, 1.54) is 11.8 Å². The quantitative estimate of drug-likeness (QED) is 0.623. The van der Waals surface area contributed by atoms with Crippen molar-refractivity contribution in [1.82, 2.24) is 0 Å². The van der Waals surface area contributed by atoms with Gasteiger partial charge in [0.1, 0.15) is 6.61 Å². The smallest absolute Gasteiger partial charge is 0.316 e. The Kier molecular flexibility index (Phi) is 5.22. The van der Waals surface area contributed by atoms with Crippen molar-refractivity contribution in [1.29, 1.82) is 5.26 Å². The number of benzene rings is 2. The van der Waals surface area contributed by atoms with Crippen LogP contribution in [0.25, 0.3) is 0 Å². The Balaban J connectivity index is 1.76. The van der Waals surface area contributed by atoms with Crippen LogP contribution >= 0.6 is 11.8 Å². The van der Waals surface area contributed by atoms with Gasteiger partial charge in [-0.25, -0.2) is 0 Å². The van der Waals surface area contributed by atoms with Crippen LogP contribution in [0, 0.1) is 11.3 Å². The number of carbonyl (C=O) groups is 1. The second kappa shape index (κ2) is 7.37. The minimum absolute atomic E-state index is 0.236. The van der Waals surface area contributed by atoms with Gasteiger partial charge in [0, 0.05) is 4.90 Å². The van der Waals surface area contributed by atoms with Gasteiger partial charge in [0.25, 0.3) is 0 Å². The first kappa shape index (κ1) is 14.2. The molecule has 0 saturated heterocycles. The number of ether oxygens (including phenoxy) is 1. The summed E-state index contributed by atoms with van der Waals surface area (Å²) in [6.07, 6.45) is 0. The summed E-state index contributed by atoms with van der Waals surface area (Å²) in [7, 11) is 0. The van der Waals surface area contributed by atoms with Crippen LogP contribution in [0.15, 0.2) is 59.5 Å². The Labute approximate surface area is 122 Å². The van der Waals surface area contributed by atoms with E-state index in [4.69, 9.17) is 10.00 Å². The molecular weight excluding hydrogens is 270 g/mol. The first-order chi connectivity index (χ1) is 9.78. The maximum atomic E-state index is 11.6. The summed E-state index contributed by atoms with van der Waals surface area (Å²) in [4.78, 5) is 12.7. The second-order valence-electron chi connectivity index (χ2n) is 4.07. The van der Waals surface area contributed by atoms with E-state index in [2.05, 4.69) is 0 Å². The number of thioether (sulfide) groups is 1. The van der Waals surface area contributed by atoms with Crippen LogP contribution in [0.4, 0.5) is 0 Å². The lowest BCUT2D eigenvalue weighted by Crippen LogP contribution is -2.07. The van der Waals surface area contributed by atoms with E-state index in [1.54, 1.807) is 24.3 Å². The van der Waals surface area contributed by atoms with Crippen LogP contribution in [0.2, 0.25) is 0 Å². The minimum Gasteiger partial charge on any atom is -0.460 e. The number of hydrogen-bond donors (Lipinski definition) is 0. The highest BCUT2D eigenvalue weighted by Crippen LogP contribution is 2.17. The highest BCUT2D eigenvalue weighted by molar-refractivity contribution is 8.00. The van der Waals surface area contributed by atoms with Crippen molar-refractivity contribution in [3.05, 3.63) is 65.7 Å². The summed E-state index contributed by atoms with van der Waals surface area (Å²) >= 11 is 1.45. The largest absolute Gasteiger partial charge is 0.460 e. The molecule has 0 N–H and O–H groups in total. The molecule has 0 aliphatic carbocycles. The lowest BCUT2D eigenvalue weighted by molar-refractivity contribution is -0.141. The fourth-order valence-electron chi connectivity index (χ4n) is 1.54. The predicted octanol–water partition coefficient (Wildman–Crippen LogP) is 3.39. The third kappa shape index (κ3) is 4.45. The average Bonchev–Trinajstić information content (AvgIpc) is 2.52. The van der Waals surface area contributed by atoms with E-state index in [0.29, 0.717) is 11.3 Å². The Morgan fingerprint density at radius 3 is 2.45 bits per heavy atom. The lowest BCUT2D eigenvalue weighted by atomic mass is 10.2. The first-order valence-electron chi connectivity index (χ1n) is 6.10. The molecule has 100 valence electrons. The molecule has 0 aliphatic heterocycles. The zero-order chi connectivity index (χ0) is 14.2. The molecule has 20 heavy (non-hydrogen) atoms. The van der Waals surface area contributed by atoms with Gasteiger partial charge in [-0.1, -0.05) is 30.3 Å². The van der Waals surface area contributed by atoms with Gasteiger partial charge in [-0.15, -0.1) is 11.8 Å². The normalized spacial score (nSPS) is 9.75. The number of carbonyl (C=O) groups excluding carboxylic acids is 1. The number of nitriles is 1. The van der Waals surface area contributed by atoms with Crippen LogP contribution in [0.1, 0.15) is 11.1 Å². The van der Waals surface area contributed by atoms with Crippen molar-refractivity contribution < 1.29 is 9.53 Å². The molecule has 0 heterocycles. The Morgan fingerprint density at radius 2 is 1.80 bits per heavy atom. The Bertz CT molecular complexity index is 603. The first-order valence-corrected chi connectivity index (χ1v) is 7.09. The van der Waals surface area contributed by atoms with E-state index in [9.17, 15) is 4.79 Å². The number of esters is 1. The molecule has 2 aromatic rings. The summed E-state index contributed by atoms with van der Waals surface area (Å²) < 4.78 is 5.18. The van der Waals surface area contributed by atoms with Crippen LogP contribution in [0.5, 0.6) is 0 Å². The van der Waals surface area contributed by atoms with E-state index in [0.717, 1.165) is 10.5 Å². The molecule has 0 aromatic heterocycles. The van der Waals surface area contributed by atoms with E-state index < -0.39 is 0 Å². The molecule has 0 amide bonds. The molecule has 0 saturated carbocycles. The van der Waals surface area contributed by atoms with E-state index in [-0.39, 0.29) is 12.6 Å². The fourth-order valence-corrected chi connectivity index (χ4v) is 2.26. The van der Waals surface area contributed by atoms with Gasteiger partial charge < -0.3 is 4.74 Å². The molecule has 3 nitrogen and oxygen atoms in total. The van der Waals surface area contributed by atoms with Crippen LogP contribution < -0.4 is 0 Å².